The van der Waals surface area contributed by atoms with E-state index in [-0.39, 0.29) is 48.6 Å². The minimum Gasteiger partial charge on any atom is -0.470 e. The van der Waals surface area contributed by atoms with E-state index < -0.39 is 18.2 Å². The van der Waals surface area contributed by atoms with Crippen molar-refractivity contribution in [2.24, 2.45) is 5.92 Å². The summed E-state index contributed by atoms with van der Waals surface area (Å²) in [6.07, 6.45) is 7.51. The number of benzene rings is 2. The number of likely N-dealkylation sites (tertiary alicyclic amines) is 2. The molecule has 16 heteroatoms. The van der Waals surface area contributed by atoms with E-state index in [9.17, 15) is 19.2 Å². The molecule has 4 N–H and O–H groups in total. The second-order valence-corrected chi connectivity index (χ2v) is 16.7. The third-order valence-corrected chi connectivity index (χ3v) is 11.9. The van der Waals surface area contributed by atoms with Crippen LogP contribution in [0.4, 0.5) is 9.59 Å². The van der Waals surface area contributed by atoms with Crippen molar-refractivity contribution >= 4 is 34.9 Å². The van der Waals surface area contributed by atoms with Crippen LogP contribution in [0, 0.1) is 5.92 Å². The molecule has 6 heterocycles. The van der Waals surface area contributed by atoms with Crippen molar-refractivity contribution in [2.45, 2.75) is 110 Å². The molecule has 5 atom stereocenters. The number of carbonyl (C=O) groups excluding carboxylic acids is 4. The first-order chi connectivity index (χ1) is 29.9. The Morgan fingerprint density at radius 3 is 2.18 bits per heavy atom. The first-order valence-corrected chi connectivity index (χ1v) is 21.7. The number of hydrogen-bond donors (Lipinski definition) is 4. The molecule has 0 spiro atoms. The van der Waals surface area contributed by atoms with Gasteiger partial charge in [0.2, 0.25) is 11.8 Å². The monoisotopic (exact) mass is 849 g/mol. The van der Waals surface area contributed by atoms with Gasteiger partial charge >= 0.3 is 12.2 Å². The number of amides is 4. The Bertz CT molecular complexity index is 2420. The Balaban J connectivity index is 0.00000187. The molecule has 330 valence electrons. The summed E-state index contributed by atoms with van der Waals surface area (Å²) in [6.45, 7) is 12.5. The summed E-state index contributed by atoms with van der Waals surface area (Å²) in [6, 6.07) is 13.5. The predicted octanol–water partition coefficient (Wildman–Crippen LogP) is 8.26. The van der Waals surface area contributed by atoms with Crippen molar-refractivity contribution in [3.63, 3.8) is 0 Å². The van der Waals surface area contributed by atoms with Crippen LogP contribution in [0.5, 0.6) is 5.75 Å². The number of fused-ring (bicyclic) bond motifs is 5. The molecule has 0 saturated carbocycles. The number of nitrogens with zero attached hydrogens (tertiary/aromatic N) is 5. The van der Waals surface area contributed by atoms with E-state index in [4.69, 9.17) is 19.4 Å². The number of alkyl carbamates (subject to hydrolysis) is 2. The van der Waals surface area contributed by atoms with E-state index in [1.54, 1.807) is 6.20 Å². The molecule has 2 aromatic carbocycles. The number of rotatable bonds is 9. The molecule has 3 aliphatic heterocycles. The van der Waals surface area contributed by atoms with Gasteiger partial charge in [0, 0.05) is 34.7 Å². The van der Waals surface area contributed by atoms with Gasteiger partial charge in [0.05, 0.1) is 61.3 Å². The minimum absolute atomic E-state index is 0.00493. The van der Waals surface area contributed by atoms with E-state index >= 15 is 0 Å². The fourth-order valence-corrected chi connectivity index (χ4v) is 8.93. The van der Waals surface area contributed by atoms with Crippen molar-refractivity contribution in [1.82, 2.24) is 44.9 Å². The first-order valence-electron chi connectivity index (χ1n) is 21.7. The van der Waals surface area contributed by atoms with E-state index in [0.29, 0.717) is 18.2 Å². The minimum atomic E-state index is -0.702. The highest BCUT2D eigenvalue weighted by Gasteiger charge is 2.38. The lowest BCUT2D eigenvalue weighted by Gasteiger charge is -2.39. The normalized spacial score (nSPS) is 19.8. The maximum Gasteiger partial charge on any atom is 0.407 e. The van der Waals surface area contributed by atoms with Gasteiger partial charge in [-0.15, -0.1) is 0 Å². The fraction of sp³-hybridized carbons (Fsp3) is 0.478. The topological polar surface area (TPSA) is 189 Å². The molecule has 2 fully saturated rings. The highest BCUT2D eigenvalue weighted by Crippen LogP contribution is 2.44. The van der Waals surface area contributed by atoms with Crippen molar-refractivity contribution < 1.29 is 33.4 Å². The van der Waals surface area contributed by atoms with Crippen molar-refractivity contribution in [1.29, 1.82) is 0 Å². The fourth-order valence-electron chi connectivity index (χ4n) is 8.93. The molecule has 0 aliphatic carbocycles. The summed E-state index contributed by atoms with van der Waals surface area (Å²) in [7, 11) is 2.56. The maximum absolute atomic E-state index is 13.7. The summed E-state index contributed by atoms with van der Waals surface area (Å²) >= 11 is 0. The molecule has 5 unspecified atom stereocenters. The number of imidazole rings is 2. The number of aromatic nitrogens is 5. The maximum atomic E-state index is 13.7. The number of ether oxygens (including phenoxy) is 3. The molecule has 62 heavy (non-hydrogen) atoms. The molecule has 0 radical (unpaired) electrons. The van der Waals surface area contributed by atoms with Crippen LogP contribution in [0.25, 0.3) is 44.7 Å². The average molecular weight is 850 g/mol. The zero-order valence-electron chi connectivity index (χ0n) is 36.9. The van der Waals surface area contributed by atoms with Crippen LogP contribution in [0.2, 0.25) is 0 Å². The third-order valence-electron chi connectivity index (χ3n) is 11.9. The summed E-state index contributed by atoms with van der Waals surface area (Å²) in [4.78, 5) is 70.7. The smallest absolute Gasteiger partial charge is 0.407 e. The molecule has 3 aromatic heterocycles. The molecular formula is C46H59N9O7. The second kappa shape index (κ2) is 18.7. The van der Waals surface area contributed by atoms with Gasteiger partial charge in [-0.25, -0.2) is 19.6 Å². The van der Waals surface area contributed by atoms with Crippen LogP contribution in [-0.4, -0.2) is 97.7 Å². The van der Waals surface area contributed by atoms with Crippen LogP contribution in [0.3, 0.4) is 0 Å². The summed E-state index contributed by atoms with van der Waals surface area (Å²) in [5.41, 5.74) is 6.59. The summed E-state index contributed by atoms with van der Waals surface area (Å²) in [5.74, 6) is 1.72. The number of carbonyl (C=O) groups is 4. The second-order valence-electron chi connectivity index (χ2n) is 16.7. The molecule has 0 bridgehead atoms. The van der Waals surface area contributed by atoms with E-state index in [0.717, 1.165) is 82.5 Å². The molecule has 8 rings (SSSR count). The molecule has 4 amide bonds. The van der Waals surface area contributed by atoms with Gasteiger partial charge < -0.3 is 49.2 Å². The first kappa shape index (κ1) is 43.8. The number of H-pyrrole nitrogens is 2. The summed E-state index contributed by atoms with van der Waals surface area (Å²) in [5, 5.41) is 6.27. The zero-order chi connectivity index (χ0) is 44.2. The van der Waals surface area contributed by atoms with Gasteiger partial charge in [0.15, 0.2) is 6.23 Å². The molecule has 5 aromatic rings. The third kappa shape index (κ3) is 8.72. The molecule has 3 aliphatic rings. The number of piperidine rings is 1. The van der Waals surface area contributed by atoms with Crippen molar-refractivity contribution in [2.75, 3.05) is 27.3 Å². The molecular weight excluding hydrogens is 791 g/mol. The lowest BCUT2D eigenvalue weighted by molar-refractivity contribution is -0.137. The van der Waals surface area contributed by atoms with Crippen LogP contribution in [0.1, 0.15) is 110 Å². The highest BCUT2D eigenvalue weighted by atomic mass is 16.5. The van der Waals surface area contributed by atoms with Gasteiger partial charge in [-0.05, 0) is 82.2 Å². The Morgan fingerprint density at radius 1 is 0.855 bits per heavy atom. The Labute approximate surface area is 362 Å². The Morgan fingerprint density at radius 2 is 1.50 bits per heavy atom. The standard InChI is InChI=1S/C43H51N9O7.C3H8/c1-23(2)38(49-43(56)58-6)41(54)50-16-8-11-33(50)39-44-20-30(47-39)26-13-15-32-28(17-26)18-35-29-14-12-27(19-36(29)59-25(4)52(32)35)31-21-45-40(48-31)34-10-7-9-24(3)51(34)37(53)22-46-42(55)57-5;1-3-2/h12-15,17-21,23-25,33-34,38H,7-11,16,22H2,1-6H3,(H,44,47)(H,45,48)(H,46,55)(H,49,56);3H2,1-2H3. The Hall–Kier alpha value is -6.32. The average Bonchev–Trinajstić information content (AvgIpc) is 4.10. The van der Waals surface area contributed by atoms with Crippen molar-refractivity contribution in [3.05, 3.63) is 66.5 Å². The van der Waals surface area contributed by atoms with Gasteiger partial charge in [0.25, 0.3) is 0 Å². The number of nitrogens with one attached hydrogen (secondary N) is 4. The van der Waals surface area contributed by atoms with Crippen LogP contribution < -0.4 is 15.4 Å². The number of methoxy groups -OCH3 is 2. The predicted molar refractivity (Wildman–Crippen MR) is 235 cm³/mol. The lowest BCUT2D eigenvalue weighted by atomic mass is 9.95. The zero-order valence-corrected chi connectivity index (χ0v) is 36.9. The van der Waals surface area contributed by atoms with Crippen LogP contribution in [0.15, 0.2) is 54.9 Å². The van der Waals surface area contributed by atoms with Gasteiger partial charge in [-0.3, -0.25) is 9.59 Å². The molecule has 2 saturated heterocycles. The van der Waals surface area contributed by atoms with Crippen molar-refractivity contribution in [3.8, 4) is 39.5 Å². The van der Waals surface area contributed by atoms with Gasteiger partial charge in [-0.1, -0.05) is 46.2 Å². The number of aromatic amines is 2. The summed E-state index contributed by atoms with van der Waals surface area (Å²) < 4.78 is 18.2. The SMILES string of the molecule is CCC.COC(=O)NCC(=O)N1C(C)CCCC1c1ncc(-c2ccc3c(c2)OC(C)n2c-3cc3cc(-c4cnc(C5CCCN5C(=O)C(NC(=O)OC)C(C)C)[nH]4)ccc32)[nH]1. The van der Waals surface area contributed by atoms with Crippen LogP contribution in [-0.2, 0) is 19.1 Å². The van der Waals surface area contributed by atoms with E-state index in [1.165, 1.54) is 20.6 Å². The van der Waals surface area contributed by atoms with Crippen LogP contribution >= 0.6 is 0 Å². The van der Waals surface area contributed by atoms with Gasteiger partial charge in [-0.2, -0.15) is 0 Å². The van der Waals surface area contributed by atoms with E-state index in [2.05, 4.69) is 74.1 Å². The quantitative estimate of drug-likeness (QED) is 0.113. The van der Waals surface area contributed by atoms with Gasteiger partial charge in [0.1, 0.15) is 30.0 Å². The largest absolute Gasteiger partial charge is 0.470 e. The highest BCUT2D eigenvalue weighted by molar-refractivity contribution is 5.92. The Kier molecular flexibility index (Phi) is 13.2. The molecule has 16 nitrogen and oxygen atoms in total. The van der Waals surface area contributed by atoms with E-state index in [1.807, 2.05) is 55.8 Å². The number of hydrogen-bond acceptors (Lipinski definition) is 9. The lowest BCUT2D eigenvalue weighted by Crippen LogP contribution is -2.51.